The van der Waals surface area contributed by atoms with Gasteiger partial charge in [-0.15, -0.1) is 0 Å². The summed E-state index contributed by atoms with van der Waals surface area (Å²) in [6.45, 7) is 5.48. The Bertz CT molecular complexity index is 1400. The lowest BCUT2D eigenvalue weighted by molar-refractivity contribution is -0.142. The quantitative estimate of drug-likeness (QED) is 0.246. The molecule has 4 aromatic rings. The van der Waals surface area contributed by atoms with Crippen LogP contribution in [0.1, 0.15) is 47.9 Å². The predicted octanol–water partition coefficient (Wildman–Crippen LogP) is 6.80. The van der Waals surface area contributed by atoms with E-state index in [1.165, 1.54) is 6.07 Å². The van der Waals surface area contributed by atoms with Crippen LogP contribution in [0.4, 0.5) is 14.9 Å². The van der Waals surface area contributed by atoms with Crippen LogP contribution in [0.15, 0.2) is 77.3 Å². The van der Waals surface area contributed by atoms with Crippen LogP contribution in [0.2, 0.25) is 0 Å². The molecule has 0 fully saturated rings. The molecule has 3 aromatic carbocycles. The Balaban J connectivity index is 1.40. The van der Waals surface area contributed by atoms with Gasteiger partial charge in [0.25, 0.3) is 0 Å². The summed E-state index contributed by atoms with van der Waals surface area (Å²) in [5.41, 5.74) is 4.99. The van der Waals surface area contributed by atoms with Crippen molar-refractivity contribution in [3.8, 4) is 11.3 Å². The summed E-state index contributed by atoms with van der Waals surface area (Å²) >= 11 is 0. The van der Waals surface area contributed by atoms with Crippen molar-refractivity contribution in [1.29, 1.82) is 0 Å². The summed E-state index contributed by atoms with van der Waals surface area (Å²) in [5, 5.41) is 6.68. The minimum absolute atomic E-state index is 0.236. The predicted molar refractivity (Wildman–Crippen MR) is 141 cm³/mol. The number of ether oxygens (including phenoxy) is 2. The first-order valence-corrected chi connectivity index (χ1v) is 12.3. The Morgan fingerprint density at radius 1 is 0.974 bits per heavy atom. The zero-order valence-electron chi connectivity index (χ0n) is 21.5. The van der Waals surface area contributed by atoms with Gasteiger partial charge in [0.1, 0.15) is 23.3 Å². The highest BCUT2D eigenvalue weighted by molar-refractivity contribution is 5.90. The molecule has 38 heavy (non-hydrogen) atoms. The average molecular weight is 517 g/mol. The molecule has 1 atom stereocenters. The smallest absolute Gasteiger partial charge is 0.412 e. The van der Waals surface area contributed by atoms with Crippen LogP contribution in [-0.4, -0.2) is 23.8 Å². The van der Waals surface area contributed by atoms with E-state index in [1.807, 2.05) is 48.5 Å². The molecule has 0 aliphatic rings. The van der Waals surface area contributed by atoms with E-state index in [0.29, 0.717) is 30.2 Å². The lowest BCUT2D eigenvalue weighted by Gasteiger charge is -2.15. The normalized spacial score (nSPS) is 11.6. The van der Waals surface area contributed by atoms with Crippen LogP contribution < -0.4 is 5.32 Å². The van der Waals surface area contributed by atoms with Gasteiger partial charge in [-0.2, -0.15) is 0 Å². The zero-order valence-corrected chi connectivity index (χ0v) is 21.5. The fourth-order valence-electron chi connectivity index (χ4n) is 4.04. The van der Waals surface area contributed by atoms with Gasteiger partial charge in [0.15, 0.2) is 5.76 Å². The molecule has 0 bridgehead atoms. The maximum atomic E-state index is 14.0. The molecule has 0 saturated heterocycles. The van der Waals surface area contributed by atoms with E-state index in [2.05, 4.69) is 10.5 Å². The van der Waals surface area contributed by atoms with E-state index in [1.54, 1.807) is 39.0 Å². The molecule has 1 heterocycles. The van der Waals surface area contributed by atoms with Gasteiger partial charge in [0.2, 0.25) is 0 Å². The van der Waals surface area contributed by atoms with E-state index in [0.717, 1.165) is 22.3 Å². The van der Waals surface area contributed by atoms with Gasteiger partial charge < -0.3 is 14.0 Å². The first-order chi connectivity index (χ1) is 18.3. The number of nitrogens with zero attached hydrogens (tertiary/aromatic N) is 1. The van der Waals surface area contributed by atoms with Crippen LogP contribution in [0, 0.1) is 12.7 Å². The maximum absolute atomic E-state index is 14.0. The maximum Gasteiger partial charge on any atom is 0.412 e. The molecule has 0 aliphatic heterocycles. The van der Waals surface area contributed by atoms with Crippen molar-refractivity contribution in [3.05, 3.63) is 107 Å². The molecular formula is C30H29FN2O5. The van der Waals surface area contributed by atoms with Crippen molar-refractivity contribution < 1.29 is 28.0 Å². The number of rotatable bonds is 9. The van der Waals surface area contributed by atoms with Crippen molar-refractivity contribution in [2.75, 3.05) is 11.9 Å². The Kier molecular flexibility index (Phi) is 8.53. The first-order valence-electron chi connectivity index (χ1n) is 12.3. The Labute approximate surface area is 220 Å². The van der Waals surface area contributed by atoms with Crippen LogP contribution >= 0.6 is 0 Å². The standard InChI is InChI=1S/C30H29FN2O5/c1-4-36-27(34)18-23-11-9-21(10-12-23)17-22-13-15-24(16-14-22)29-28(19(2)33-38-29)32-30(35)37-20(3)25-7-5-6-8-26(25)31/h5-16,20H,4,17-18H2,1-3H3,(H,32,35)/t20-/m1/s1. The van der Waals surface area contributed by atoms with Crippen molar-refractivity contribution in [2.24, 2.45) is 0 Å². The van der Waals surface area contributed by atoms with E-state index in [4.69, 9.17) is 14.0 Å². The summed E-state index contributed by atoms with van der Waals surface area (Å²) in [7, 11) is 0. The lowest BCUT2D eigenvalue weighted by atomic mass is 10.0. The molecule has 0 unspecified atom stereocenters. The number of benzene rings is 3. The van der Waals surface area contributed by atoms with Crippen LogP contribution in [0.3, 0.4) is 0 Å². The summed E-state index contributed by atoms with van der Waals surface area (Å²) < 4.78 is 29.9. The minimum atomic E-state index is -0.779. The number of anilines is 1. The van der Waals surface area contributed by atoms with Gasteiger partial charge >= 0.3 is 12.1 Å². The molecule has 8 heteroatoms. The third-order valence-electron chi connectivity index (χ3n) is 6.02. The van der Waals surface area contributed by atoms with E-state index in [-0.39, 0.29) is 18.0 Å². The van der Waals surface area contributed by atoms with E-state index >= 15 is 0 Å². The second-order valence-corrected chi connectivity index (χ2v) is 8.84. The number of hydrogen-bond donors (Lipinski definition) is 1. The number of amides is 1. The lowest BCUT2D eigenvalue weighted by Crippen LogP contribution is -2.17. The number of hydrogen-bond acceptors (Lipinski definition) is 6. The van der Waals surface area contributed by atoms with Gasteiger partial charge in [0.05, 0.1) is 13.0 Å². The van der Waals surface area contributed by atoms with Crippen molar-refractivity contribution in [1.82, 2.24) is 5.16 Å². The highest BCUT2D eigenvalue weighted by Crippen LogP contribution is 2.32. The minimum Gasteiger partial charge on any atom is -0.466 e. The molecule has 1 aromatic heterocycles. The summed E-state index contributed by atoms with van der Waals surface area (Å²) in [6.07, 6.45) is -0.554. The van der Waals surface area contributed by atoms with Gasteiger partial charge in [-0.1, -0.05) is 71.9 Å². The Morgan fingerprint density at radius 2 is 1.61 bits per heavy atom. The van der Waals surface area contributed by atoms with Gasteiger partial charge in [-0.05, 0) is 49.9 Å². The van der Waals surface area contributed by atoms with Gasteiger partial charge in [0, 0.05) is 11.1 Å². The number of aromatic nitrogens is 1. The van der Waals surface area contributed by atoms with Gasteiger partial charge in [-0.25, -0.2) is 9.18 Å². The molecule has 0 radical (unpaired) electrons. The van der Waals surface area contributed by atoms with Crippen LogP contribution in [0.25, 0.3) is 11.3 Å². The third-order valence-corrected chi connectivity index (χ3v) is 6.02. The van der Waals surface area contributed by atoms with Crippen molar-refractivity contribution in [2.45, 2.75) is 39.7 Å². The van der Waals surface area contributed by atoms with E-state index < -0.39 is 18.0 Å². The second kappa shape index (κ2) is 12.2. The summed E-state index contributed by atoms with van der Waals surface area (Å²) in [5.74, 6) is -0.282. The fourth-order valence-corrected chi connectivity index (χ4v) is 4.04. The summed E-state index contributed by atoms with van der Waals surface area (Å²) in [4.78, 5) is 24.2. The highest BCUT2D eigenvalue weighted by atomic mass is 19.1. The molecule has 1 N–H and O–H groups in total. The molecule has 196 valence electrons. The Hall–Kier alpha value is -4.46. The number of carbonyl (C=O) groups excluding carboxylic acids is 2. The molecule has 4 rings (SSSR count). The number of nitrogens with one attached hydrogen (secondary N) is 1. The zero-order chi connectivity index (χ0) is 27.1. The summed E-state index contributed by atoms with van der Waals surface area (Å²) in [6, 6.07) is 21.7. The van der Waals surface area contributed by atoms with Gasteiger partial charge in [-0.3, -0.25) is 10.1 Å². The Morgan fingerprint density at radius 3 is 2.26 bits per heavy atom. The molecule has 7 nitrogen and oxygen atoms in total. The number of halogens is 1. The topological polar surface area (TPSA) is 90.7 Å². The number of carbonyl (C=O) groups is 2. The molecule has 1 amide bonds. The second-order valence-electron chi connectivity index (χ2n) is 8.84. The van der Waals surface area contributed by atoms with Crippen molar-refractivity contribution in [3.63, 3.8) is 0 Å². The largest absolute Gasteiger partial charge is 0.466 e. The number of esters is 1. The van der Waals surface area contributed by atoms with Crippen molar-refractivity contribution >= 4 is 17.7 Å². The number of aryl methyl sites for hydroxylation is 1. The molecular weight excluding hydrogens is 487 g/mol. The highest BCUT2D eigenvalue weighted by Gasteiger charge is 2.21. The van der Waals surface area contributed by atoms with Crippen LogP contribution in [0.5, 0.6) is 0 Å². The average Bonchev–Trinajstić information content (AvgIpc) is 3.25. The third kappa shape index (κ3) is 6.64. The molecule has 0 saturated carbocycles. The van der Waals surface area contributed by atoms with E-state index in [9.17, 15) is 14.0 Å². The monoisotopic (exact) mass is 516 g/mol. The SMILES string of the molecule is CCOC(=O)Cc1ccc(Cc2ccc(-c3onc(C)c3NC(=O)O[C@H](C)c3ccccc3F)cc2)cc1. The molecule has 0 aliphatic carbocycles. The first kappa shape index (κ1) is 26.6. The molecule has 0 spiro atoms. The van der Waals surface area contributed by atoms with Crippen LogP contribution in [-0.2, 0) is 27.1 Å². The fraction of sp³-hybridized carbons (Fsp3) is 0.233.